The van der Waals surface area contributed by atoms with Crippen LogP contribution in [0.5, 0.6) is 0 Å². The van der Waals surface area contributed by atoms with Crippen molar-refractivity contribution in [3.05, 3.63) is 29.1 Å². The molecule has 0 spiro atoms. The van der Waals surface area contributed by atoms with E-state index in [1.54, 1.807) is 0 Å². The number of aromatic nitrogens is 1. The molecule has 2 saturated carbocycles. The van der Waals surface area contributed by atoms with Crippen LogP contribution in [-0.4, -0.2) is 23.5 Å². The van der Waals surface area contributed by atoms with Crippen LogP contribution in [0.1, 0.15) is 36.1 Å². The van der Waals surface area contributed by atoms with Crippen molar-refractivity contribution in [2.24, 2.45) is 23.5 Å². The van der Waals surface area contributed by atoms with Crippen molar-refractivity contribution in [3.63, 3.8) is 0 Å². The predicted octanol–water partition coefficient (Wildman–Crippen LogP) is 1.73. The number of rotatable bonds is 4. The zero-order valence-corrected chi connectivity index (χ0v) is 12.9. The van der Waals surface area contributed by atoms with Crippen molar-refractivity contribution in [2.75, 3.05) is 6.54 Å². The van der Waals surface area contributed by atoms with Gasteiger partial charge in [-0.05, 0) is 56.1 Å². The van der Waals surface area contributed by atoms with Crippen molar-refractivity contribution in [3.8, 4) is 0 Å². The first-order valence-corrected chi connectivity index (χ1v) is 8.00. The summed E-state index contributed by atoms with van der Waals surface area (Å²) in [5.74, 6) is 1.69. The van der Waals surface area contributed by atoms with Gasteiger partial charge < -0.3 is 11.1 Å². The molecule has 3 rings (SSSR count). The topological polar surface area (TPSA) is 68.0 Å². The third kappa shape index (κ3) is 2.95. The molecule has 2 aliphatic carbocycles. The van der Waals surface area contributed by atoms with Crippen LogP contribution in [-0.2, 0) is 11.2 Å². The molecule has 0 aliphatic heterocycles. The van der Waals surface area contributed by atoms with Crippen LogP contribution in [0.3, 0.4) is 0 Å². The van der Waals surface area contributed by atoms with Gasteiger partial charge in [-0.25, -0.2) is 0 Å². The van der Waals surface area contributed by atoms with Crippen LogP contribution < -0.4 is 11.1 Å². The highest BCUT2D eigenvalue weighted by molar-refractivity contribution is 5.79. The first kappa shape index (κ1) is 14.5. The number of hydrogen-bond acceptors (Lipinski definition) is 3. The molecule has 1 heterocycles. The molecule has 0 radical (unpaired) electrons. The largest absolute Gasteiger partial charge is 0.355 e. The second-order valence-electron chi connectivity index (χ2n) is 6.81. The summed E-state index contributed by atoms with van der Waals surface area (Å²) in [6, 6.07) is 2.48. The van der Waals surface area contributed by atoms with Crippen molar-refractivity contribution in [2.45, 2.75) is 45.6 Å². The molecule has 2 aliphatic rings. The molecule has 0 aromatic carbocycles. The third-order valence-corrected chi connectivity index (χ3v) is 5.23. The van der Waals surface area contributed by atoms with E-state index in [1.165, 1.54) is 11.1 Å². The Morgan fingerprint density at radius 3 is 2.86 bits per heavy atom. The van der Waals surface area contributed by atoms with Gasteiger partial charge in [0.2, 0.25) is 5.91 Å². The minimum Gasteiger partial charge on any atom is -0.355 e. The molecule has 114 valence electrons. The number of carbonyl (C=O) groups is 1. The lowest BCUT2D eigenvalue weighted by Crippen LogP contribution is -2.44. The highest BCUT2D eigenvalue weighted by Gasteiger charge is 2.47. The predicted molar refractivity (Wildman–Crippen MR) is 82.7 cm³/mol. The molecular formula is C17H25N3O. The molecule has 4 heteroatoms. The second kappa shape index (κ2) is 5.76. The molecule has 0 bridgehead atoms. The van der Waals surface area contributed by atoms with E-state index in [0.717, 1.165) is 31.4 Å². The average molecular weight is 287 g/mol. The van der Waals surface area contributed by atoms with Crippen LogP contribution in [0.2, 0.25) is 0 Å². The van der Waals surface area contributed by atoms with Gasteiger partial charge in [0, 0.05) is 36.8 Å². The van der Waals surface area contributed by atoms with E-state index in [0.29, 0.717) is 24.4 Å². The second-order valence-corrected chi connectivity index (χ2v) is 6.81. The third-order valence-electron chi connectivity index (χ3n) is 5.23. The number of hydrogen-bond donors (Lipinski definition) is 2. The minimum atomic E-state index is 0.181. The zero-order valence-electron chi connectivity index (χ0n) is 12.9. The maximum Gasteiger partial charge on any atom is 0.223 e. The SMILES string of the molecule is Cc1cnc(CCNC(=O)C2C[C@@H]3C[C@H](N)[C@@H]3C2)c(C)c1. The molecule has 0 saturated heterocycles. The molecule has 1 aromatic heterocycles. The van der Waals surface area contributed by atoms with E-state index in [-0.39, 0.29) is 11.8 Å². The number of nitrogens with one attached hydrogen (secondary N) is 1. The molecule has 4 nitrogen and oxygen atoms in total. The maximum atomic E-state index is 12.2. The first-order chi connectivity index (χ1) is 10.0. The molecule has 1 aromatic rings. The lowest BCUT2D eigenvalue weighted by Gasteiger charge is -2.37. The van der Waals surface area contributed by atoms with Gasteiger partial charge in [-0.2, -0.15) is 0 Å². The highest BCUT2D eigenvalue weighted by atomic mass is 16.1. The fourth-order valence-corrected chi connectivity index (χ4v) is 3.95. The summed E-state index contributed by atoms with van der Waals surface area (Å²) < 4.78 is 0. The Morgan fingerprint density at radius 2 is 2.19 bits per heavy atom. The van der Waals surface area contributed by atoms with E-state index in [9.17, 15) is 4.79 Å². The van der Waals surface area contributed by atoms with Crippen LogP contribution in [0.25, 0.3) is 0 Å². The lowest BCUT2D eigenvalue weighted by atomic mass is 9.72. The number of aryl methyl sites for hydroxylation is 2. The van der Waals surface area contributed by atoms with Gasteiger partial charge in [-0.3, -0.25) is 9.78 Å². The fraction of sp³-hybridized carbons (Fsp3) is 0.647. The van der Waals surface area contributed by atoms with E-state index in [2.05, 4.69) is 23.3 Å². The monoisotopic (exact) mass is 287 g/mol. The average Bonchev–Trinajstić information content (AvgIpc) is 2.78. The van der Waals surface area contributed by atoms with Gasteiger partial charge in [0.15, 0.2) is 0 Å². The van der Waals surface area contributed by atoms with Gasteiger partial charge in [-0.15, -0.1) is 0 Å². The minimum absolute atomic E-state index is 0.181. The number of nitrogens with zero attached hydrogens (tertiary/aromatic N) is 1. The quantitative estimate of drug-likeness (QED) is 0.886. The van der Waals surface area contributed by atoms with Crippen LogP contribution in [0.4, 0.5) is 0 Å². The molecule has 3 N–H and O–H groups in total. The first-order valence-electron chi connectivity index (χ1n) is 8.00. The Morgan fingerprint density at radius 1 is 1.38 bits per heavy atom. The van der Waals surface area contributed by atoms with Crippen LogP contribution >= 0.6 is 0 Å². The van der Waals surface area contributed by atoms with Crippen molar-refractivity contribution in [1.82, 2.24) is 10.3 Å². The number of fused-ring (bicyclic) bond motifs is 1. The summed E-state index contributed by atoms with van der Waals surface area (Å²) >= 11 is 0. The maximum absolute atomic E-state index is 12.2. The molecule has 2 fully saturated rings. The molecule has 21 heavy (non-hydrogen) atoms. The summed E-state index contributed by atoms with van der Waals surface area (Å²) in [4.78, 5) is 16.7. The number of carbonyl (C=O) groups excluding carboxylic acids is 1. The van der Waals surface area contributed by atoms with Crippen molar-refractivity contribution >= 4 is 5.91 Å². The Kier molecular flexibility index (Phi) is 3.98. The summed E-state index contributed by atoms with van der Waals surface area (Å²) in [5.41, 5.74) is 9.45. The Balaban J connectivity index is 1.46. The van der Waals surface area contributed by atoms with E-state index < -0.39 is 0 Å². The summed E-state index contributed by atoms with van der Waals surface area (Å²) in [7, 11) is 0. The summed E-state index contributed by atoms with van der Waals surface area (Å²) in [5, 5.41) is 3.08. The number of amides is 1. The van der Waals surface area contributed by atoms with E-state index >= 15 is 0 Å². The Hall–Kier alpha value is -1.42. The van der Waals surface area contributed by atoms with Crippen LogP contribution in [0.15, 0.2) is 12.3 Å². The molecule has 1 amide bonds. The highest BCUT2D eigenvalue weighted by Crippen LogP contribution is 2.48. The lowest BCUT2D eigenvalue weighted by molar-refractivity contribution is -0.124. The van der Waals surface area contributed by atoms with Gasteiger partial charge in [0.25, 0.3) is 0 Å². The normalized spacial score (nSPS) is 30.6. The number of pyridine rings is 1. The van der Waals surface area contributed by atoms with E-state index in [1.807, 2.05) is 13.1 Å². The van der Waals surface area contributed by atoms with Crippen molar-refractivity contribution in [1.29, 1.82) is 0 Å². The zero-order chi connectivity index (χ0) is 15.0. The summed E-state index contributed by atoms with van der Waals surface area (Å²) in [6.07, 6.45) is 5.82. The van der Waals surface area contributed by atoms with E-state index in [4.69, 9.17) is 5.73 Å². The van der Waals surface area contributed by atoms with Crippen molar-refractivity contribution < 1.29 is 4.79 Å². The van der Waals surface area contributed by atoms with Gasteiger partial charge >= 0.3 is 0 Å². The van der Waals surface area contributed by atoms with Gasteiger partial charge in [0.05, 0.1) is 0 Å². The van der Waals surface area contributed by atoms with Crippen LogP contribution in [0, 0.1) is 31.6 Å². The molecule has 1 unspecified atom stereocenters. The Bertz CT molecular complexity index is 543. The molecule has 4 atom stereocenters. The Labute approximate surface area is 126 Å². The van der Waals surface area contributed by atoms with Gasteiger partial charge in [-0.1, -0.05) is 6.07 Å². The molecular weight excluding hydrogens is 262 g/mol. The standard InChI is InChI=1S/C17H25N3O/c1-10-5-11(2)16(20-9-10)3-4-19-17(21)13-6-12-8-15(18)14(12)7-13/h5,9,12-15H,3-4,6-8,18H2,1-2H3,(H,19,21)/t12-,13?,14-,15+/m1/s1. The number of nitrogens with two attached hydrogens (primary N) is 1. The summed E-state index contributed by atoms with van der Waals surface area (Å²) in [6.45, 7) is 4.80. The smallest absolute Gasteiger partial charge is 0.223 e. The fourth-order valence-electron chi connectivity index (χ4n) is 3.95. The van der Waals surface area contributed by atoms with Gasteiger partial charge in [0.1, 0.15) is 0 Å².